The maximum atomic E-state index is 6.18. The third-order valence-corrected chi connectivity index (χ3v) is 4.67. The predicted molar refractivity (Wildman–Crippen MR) is 103 cm³/mol. The molecule has 5 nitrogen and oxygen atoms in total. The molecular formula is C19H27ClN4O. The number of ether oxygens (including phenoxy) is 1. The van der Waals surface area contributed by atoms with E-state index in [2.05, 4.69) is 42.2 Å². The van der Waals surface area contributed by atoms with Gasteiger partial charge in [-0.25, -0.2) is 9.97 Å². The number of halogens is 1. The third kappa shape index (κ3) is 4.15. The summed E-state index contributed by atoms with van der Waals surface area (Å²) in [4.78, 5) is 9.32. The van der Waals surface area contributed by atoms with Crippen molar-refractivity contribution in [3.05, 3.63) is 29.1 Å². The van der Waals surface area contributed by atoms with E-state index in [4.69, 9.17) is 21.3 Å². The van der Waals surface area contributed by atoms with Crippen molar-refractivity contribution in [1.29, 1.82) is 0 Å². The molecule has 25 heavy (non-hydrogen) atoms. The topological polar surface area (TPSA) is 52.0 Å². The molecule has 136 valence electrons. The van der Waals surface area contributed by atoms with E-state index in [1.165, 1.54) is 6.42 Å². The second-order valence-electron chi connectivity index (χ2n) is 7.76. The first-order valence-corrected chi connectivity index (χ1v) is 9.26. The van der Waals surface area contributed by atoms with E-state index in [9.17, 15) is 0 Å². The standard InChI is InChI=1S/C19H27ClN4O/c1-12-11-15(20)22-17-16(12)23-18(24(17)14-7-6-8-14)21-13(2)9-10-25-19(3,4)5/h11,14H,2,6-10H2,1,3-5H3,(H,21,23). The summed E-state index contributed by atoms with van der Waals surface area (Å²) in [6, 6.07) is 2.29. The molecule has 0 atom stereocenters. The smallest absolute Gasteiger partial charge is 0.209 e. The average molecular weight is 363 g/mol. The van der Waals surface area contributed by atoms with Crippen molar-refractivity contribution < 1.29 is 4.74 Å². The Hall–Kier alpha value is -1.59. The fraction of sp³-hybridized carbons (Fsp3) is 0.579. The molecule has 0 spiro atoms. The number of aryl methyl sites for hydroxylation is 1. The van der Waals surface area contributed by atoms with Crippen LogP contribution in [0.2, 0.25) is 5.15 Å². The number of pyridine rings is 1. The highest BCUT2D eigenvalue weighted by Crippen LogP contribution is 2.38. The molecule has 1 saturated carbocycles. The van der Waals surface area contributed by atoms with Gasteiger partial charge < -0.3 is 10.1 Å². The Balaban J connectivity index is 1.83. The number of hydrogen-bond acceptors (Lipinski definition) is 4. The van der Waals surface area contributed by atoms with Gasteiger partial charge in [0.05, 0.1) is 12.2 Å². The number of fused-ring (bicyclic) bond motifs is 1. The van der Waals surface area contributed by atoms with Gasteiger partial charge >= 0.3 is 0 Å². The summed E-state index contributed by atoms with van der Waals surface area (Å²) in [5.41, 5.74) is 3.55. The predicted octanol–water partition coefficient (Wildman–Crippen LogP) is 5.25. The molecule has 1 fully saturated rings. The zero-order valence-electron chi connectivity index (χ0n) is 15.5. The molecule has 0 aliphatic heterocycles. The van der Waals surface area contributed by atoms with Crippen LogP contribution in [-0.2, 0) is 4.74 Å². The second kappa shape index (κ2) is 6.96. The Kier molecular flexibility index (Phi) is 5.07. The Labute approximate surface area is 154 Å². The van der Waals surface area contributed by atoms with Gasteiger partial charge in [0.2, 0.25) is 5.95 Å². The fourth-order valence-corrected chi connectivity index (χ4v) is 3.20. The van der Waals surface area contributed by atoms with E-state index in [0.717, 1.165) is 47.6 Å². The van der Waals surface area contributed by atoms with E-state index in [0.29, 0.717) is 17.8 Å². The van der Waals surface area contributed by atoms with Crippen molar-refractivity contribution in [3.63, 3.8) is 0 Å². The van der Waals surface area contributed by atoms with Crippen molar-refractivity contribution in [2.75, 3.05) is 11.9 Å². The van der Waals surface area contributed by atoms with Crippen LogP contribution < -0.4 is 5.32 Å². The molecule has 0 aromatic carbocycles. The monoisotopic (exact) mass is 362 g/mol. The van der Waals surface area contributed by atoms with Gasteiger partial charge in [0.15, 0.2) is 5.65 Å². The van der Waals surface area contributed by atoms with Crippen LogP contribution in [-0.4, -0.2) is 26.7 Å². The Morgan fingerprint density at radius 1 is 1.40 bits per heavy atom. The van der Waals surface area contributed by atoms with Gasteiger partial charge in [0.25, 0.3) is 0 Å². The maximum absolute atomic E-state index is 6.18. The highest BCUT2D eigenvalue weighted by molar-refractivity contribution is 6.29. The minimum atomic E-state index is -0.142. The summed E-state index contributed by atoms with van der Waals surface area (Å²) in [7, 11) is 0. The summed E-state index contributed by atoms with van der Waals surface area (Å²) in [6.45, 7) is 12.9. The highest BCUT2D eigenvalue weighted by atomic mass is 35.5. The minimum absolute atomic E-state index is 0.142. The lowest BCUT2D eigenvalue weighted by atomic mass is 9.93. The number of hydrogen-bond donors (Lipinski definition) is 1. The lowest BCUT2D eigenvalue weighted by Crippen LogP contribution is -2.21. The van der Waals surface area contributed by atoms with Gasteiger partial charge in [-0.2, -0.15) is 0 Å². The minimum Gasteiger partial charge on any atom is -0.375 e. The van der Waals surface area contributed by atoms with Crippen molar-refractivity contribution in [3.8, 4) is 0 Å². The van der Waals surface area contributed by atoms with Crippen LogP contribution in [0.15, 0.2) is 18.3 Å². The van der Waals surface area contributed by atoms with Gasteiger partial charge in [-0.3, -0.25) is 4.57 Å². The van der Waals surface area contributed by atoms with Crippen LogP contribution in [0, 0.1) is 6.92 Å². The molecule has 0 unspecified atom stereocenters. The van der Waals surface area contributed by atoms with Gasteiger partial charge in [-0.05, 0) is 58.6 Å². The van der Waals surface area contributed by atoms with Crippen LogP contribution in [0.5, 0.6) is 0 Å². The van der Waals surface area contributed by atoms with Gasteiger partial charge in [0.1, 0.15) is 10.7 Å². The van der Waals surface area contributed by atoms with E-state index in [1.807, 2.05) is 13.0 Å². The van der Waals surface area contributed by atoms with Crippen molar-refractivity contribution in [2.45, 2.75) is 65.0 Å². The number of rotatable bonds is 6. The molecule has 2 aromatic rings. The maximum Gasteiger partial charge on any atom is 0.209 e. The van der Waals surface area contributed by atoms with Crippen molar-refractivity contribution in [2.24, 2.45) is 0 Å². The molecule has 0 amide bonds. The fourth-order valence-electron chi connectivity index (χ4n) is 2.96. The van der Waals surface area contributed by atoms with Crippen LogP contribution >= 0.6 is 11.6 Å². The Morgan fingerprint density at radius 2 is 2.12 bits per heavy atom. The molecule has 0 saturated heterocycles. The van der Waals surface area contributed by atoms with Crippen LogP contribution in [0.1, 0.15) is 58.1 Å². The SMILES string of the molecule is C=C(CCOC(C)(C)C)Nc1nc2c(C)cc(Cl)nc2n1C1CCC1. The molecule has 3 rings (SSSR count). The third-order valence-electron chi connectivity index (χ3n) is 4.48. The average Bonchev–Trinajstić information content (AvgIpc) is 2.75. The van der Waals surface area contributed by atoms with E-state index in [1.54, 1.807) is 0 Å². The summed E-state index contributed by atoms with van der Waals surface area (Å²) in [5, 5.41) is 3.89. The zero-order valence-corrected chi connectivity index (χ0v) is 16.3. The molecule has 2 aromatic heterocycles. The second-order valence-corrected chi connectivity index (χ2v) is 8.15. The first-order chi connectivity index (χ1) is 11.7. The normalized spacial score (nSPS) is 15.4. The van der Waals surface area contributed by atoms with Crippen molar-refractivity contribution >= 4 is 28.7 Å². The molecule has 6 heteroatoms. The van der Waals surface area contributed by atoms with E-state index < -0.39 is 0 Å². The van der Waals surface area contributed by atoms with E-state index >= 15 is 0 Å². The number of anilines is 1. The van der Waals surface area contributed by atoms with Gasteiger partial charge in [-0.1, -0.05) is 18.2 Å². The first-order valence-electron chi connectivity index (χ1n) is 8.88. The molecule has 1 N–H and O–H groups in total. The number of nitrogens with zero attached hydrogens (tertiary/aromatic N) is 3. The van der Waals surface area contributed by atoms with Crippen LogP contribution in [0.25, 0.3) is 11.2 Å². The van der Waals surface area contributed by atoms with Crippen molar-refractivity contribution in [1.82, 2.24) is 14.5 Å². The summed E-state index contributed by atoms with van der Waals surface area (Å²) < 4.78 is 7.97. The van der Waals surface area contributed by atoms with Crippen LogP contribution in [0.3, 0.4) is 0 Å². The van der Waals surface area contributed by atoms with E-state index in [-0.39, 0.29) is 5.60 Å². The molecule has 0 bridgehead atoms. The molecule has 0 radical (unpaired) electrons. The first kappa shape index (κ1) is 18.2. The number of imidazole rings is 1. The van der Waals surface area contributed by atoms with Gasteiger partial charge in [-0.15, -0.1) is 0 Å². The zero-order chi connectivity index (χ0) is 18.2. The molecule has 2 heterocycles. The molecule has 1 aliphatic rings. The summed E-state index contributed by atoms with van der Waals surface area (Å²) >= 11 is 6.18. The molecular weight excluding hydrogens is 336 g/mol. The Bertz CT molecular complexity index is 787. The summed E-state index contributed by atoms with van der Waals surface area (Å²) in [5.74, 6) is 0.804. The lowest BCUT2D eigenvalue weighted by Gasteiger charge is -2.29. The molecule has 1 aliphatic carbocycles. The highest BCUT2D eigenvalue weighted by Gasteiger charge is 2.26. The van der Waals surface area contributed by atoms with Gasteiger partial charge in [0, 0.05) is 18.2 Å². The van der Waals surface area contributed by atoms with Crippen LogP contribution in [0.4, 0.5) is 5.95 Å². The largest absolute Gasteiger partial charge is 0.375 e. The number of aromatic nitrogens is 3. The number of nitrogens with one attached hydrogen (secondary N) is 1. The lowest BCUT2D eigenvalue weighted by molar-refractivity contribution is -0.000838. The quantitative estimate of drug-likeness (QED) is 0.713. The Morgan fingerprint density at radius 3 is 2.72 bits per heavy atom. The summed E-state index contributed by atoms with van der Waals surface area (Å²) in [6.07, 6.45) is 4.27.